The zero-order valence-corrected chi connectivity index (χ0v) is 13.3. The van der Waals surface area contributed by atoms with Crippen LogP contribution < -0.4 is 10.2 Å². The molecule has 8 heteroatoms. The fourth-order valence-electron chi connectivity index (χ4n) is 2.34. The average Bonchev–Trinajstić information content (AvgIpc) is 3.07. The van der Waals surface area contributed by atoms with E-state index in [0.717, 1.165) is 42.3 Å². The number of halogens is 1. The Kier molecular flexibility index (Phi) is 4.12. The van der Waals surface area contributed by atoms with Crippen molar-refractivity contribution in [3.63, 3.8) is 0 Å². The lowest BCUT2D eigenvalue weighted by atomic mass is 10.2. The molecular weight excluding hydrogens is 308 g/mol. The summed E-state index contributed by atoms with van der Waals surface area (Å²) in [4.78, 5) is 17.0. The van der Waals surface area contributed by atoms with Crippen LogP contribution in [0.4, 0.5) is 5.82 Å². The lowest BCUT2D eigenvalue weighted by molar-refractivity contribution is 0.757. The van der Waals surface area contributed by atoms with Gasteiger partial charge in [0.15, 0.2) is 16.1 Å². The number of H-pyrrole nitrogens is 2. The molecule has 0 saturated heterocycles. The Hall–Kier alpha value is -1.60. The highest BCUT2D eigenvalue weighted by molar-refractivity contribution is 7.80. The largest absolute Gasteiger partial charge is 0.357 e. The second-order valence-corrected chi connectivity index (χ2v) is 5.75. The van der Waals surface area contributed by atoms with Crippen molar-refractivity contribution >= 4 is 34.7 Å². The molecule has 0 spiro atoms. The second kappa shape index (κ2) is 6.03. The van der Waals surface area contributed by atoms with Gasteiger partial charge in [-0.25, -0.2) is 9.97 Å². The van der Waals surface area contributed by atoms with Gasteiger partial charge in [0.05, 0.1) is 30.8 Å². The standard InChI is InChI=1S/C13H17ClN6S/c1-2-3-4-10-18-9(11(14)19-10)6-20-12-8(16-7-17-12)5-15-13(20)21/h7H,2-6H2,1H3,(H,15,21)(H,16,17)(H,18,19). The van der Waals surface area contributed by atoms with Crippen LogP contribution in [0.1, 0.15) is 37.0 Å². The highest BCUT2D eigenvalue weighted by Gasteiger charge is 2.25. The van der Waals surface area contributed by atoms with E-state index in [9.17, 15) is 0 Å². The summed E-state index contributed by atoms with van der Waals surface area (Å²) in [6.07, 6.45) is 4.81. The van der Waals surface area contributed by atoms with Gasteiger partial charge in [0.2, 0.25) is 0 Å². The van der Waals surface area contributed by atoms with Crippen LogP contribution in [0.15, 0.2) is 6.33 Å². The SMILES string of the molecule is CCCCc1nc(Cl)c(CN2C(=S)NCc3[nH]cnc32)[nH]1. The number of aryl methyl sites for hydroxylation is 1. The molecule has 0 aromatic carbocycles. The third-order valence-electron chi connectivity index (χ3n) is 3.47. The predicted molar refractivity (Wildman–Crippen MR) is 86.4 cm³/mol. The first kappa shape index (κ1) is 14.3. The number of hydrogen-bond donors (Lipinski definition) is 3. The van der Waals surface area contributed by atoms with E-state index in [1.165, 1.54) is 0 Å². The summed E-state index contributed by atoms with van der Waals surface area (Å²) in [6.45, 7) is 3.35. The van der Waals surface area contributed by atoms with Gasteiger partial charge in [0, 0.05) is 6.42 Å². The molecule has 21 heavy (non-hydrogen) atoms. The van der Waals surface area contributed by atoms with Crippen molar-refractivity contribution in [2.45, 2.75) is 39.3 Å². The summed E-state index contributed by atoms with van der Waals surface area (Å²) in [6, 6.07) is 0. The van der Waals surface area contributed by atoms with Crippen LogP contribution >= 0.6 is 23.8 Å². The third kappa shape index (κ3) is 2.89. The molecule has 1 aliphatic rings. The number of imidazole rings is 2. The summed E-state index contributed by atoms with van der Waals surface area (Å²) in [5.74, 6) is 1.77. The van der Waals surface area contributed by atoms with Gasteiger partial charge < -0.3 is 15.3 Å². The minimum Gasteiger partial charge on any atom is -0.357 e. The Labute approximate surface area is 133 Å². The molecule has 0 atom stereocenters. The molecule has 0 saturated carbocycles. The zero-order valence-electron chi connectivity index (χ0n) is 11.7. The maximum Gasteiger partial charge on any atom is 0.175 e. The first-order valence-corrected chi connectivity index (χ1v) is 7.78. The minimum absolute atomic E-state index is 0.506. The molecular formula is C13H17ClN6S. The summed E-state index contributed by atoms with van der Waals surface area (Å²) in [5.41, 5.74) is 1.88. The number of nitrogens with zero attached hydrogens (tertiary/aromatic N) is 3. The molecule has 0 fully saturated rings. The Morgan fingerprint density at radius 3 is 3.14 bits per heavy atom. The van der Waals surface area contributed by atoms with Gasteiger partial charge in [-0.05, 0) is 18.6 Å². The van der Waals surface area contributed by atoms with Gasteiger partial charge in [0.1, 0.15) is 5.82 Å². The van der Waals surface area contributed by atoms with Crippen LogP contribution in [0.25, 0.3) is 0 Å². The summed E-state index contributed by atoms with van der Waals surface area (Å²) < 4.78 is 0. The van der Waals surface area contributed by atoms with Crippen LogP contribution in [0, 0.1) is 0 Å². The number of aromatic nitrogens is 4. The van der Waals surface area contributed by atoms with Crippen molar-refractivity contribution in [1.82, 2.24) is 25.3 Å². The van der Waals surface area contributed by atoms with Gasteiger partial charge >= 0.3 is 0 Å². The second-order valence-electron chi connectivity index (χ2n) is 5.01. The number of hydrogen-bond acceptors (Lipinski definition) is 3. The van der Waals surface area contributed by atoms with Crippen molar-refractivity contribution in [2.75, 3.05) is 4.90 Å². The molecule has 0 radical (unpaired) electrons. The van der Waals surface area contributed by atoms with E-state index < -0.39 is 0 Å². The van der Waals surface area contributed by atoms with E-state index in [0.29, 0.717) is 23.4 Å². The molecule has 112 valence electrons. The smallest absolute Gasteiger partial charge is 0.175 e. The van der Waals surface area contributed by atoms with Crippen molar-refractivity contribution in [1.29, 1.82) is 0 Å². The van der Waals surface area contributed by atoms with Gasteiger partial charge in [0.25, 0.3) is 0 Å². The van der Waals surface area contributed by atoms with Gasteiger partial charge in [-0.3, -0.25) is 4.90 Å². The Balaban J connectivity index is 1.80. The van der Waals surface area contributed by atoms with Crippen molar-refractivity contribution < 1.29 is 0 Å². The highest BCUT2D eigenvalue weighted by Crippen LogP contribution is 2.24. The molecule has 0 amide bonds. The monoisotopic (exact) mass is 324 g/mol. The van der Waals surface area contributed by atoms with Gasteiger partial charge in [-0.1, -0.05) is 24.9 Å². The van der Waals surface area contributed by atoms with Crippen LogP contribution in [0.3, 0.4) is 0 Å². The van der Waals surface area contributed by atoms with E-state index >= 15 is 0 Å². The molecule has 3 N–H and O–H groups in total. The van der Waals surface area contributed by atoms with Gasteiger partial charge in [-0.2, -0.15) is 0 Å². The first-order chi connectivity index (χ1) is 10.2. The Morgan fingerprint density at radius 1 is 1.48 bits per heavy atom. The van der Waals surface area contributed by atoms with E-state index in [4.69, 9.17) is 23.8 Å². The lowest BCUT2D eigenvalue weighted by Crippen LogP contribution is -2.43. The average molecular weight is 325 g/mol. The molecule has 3 rings (SSSR count). The third-order valence-corrected chi connectivity index (χ3v) is 4.15. The minimum atomic E-state index is 0.506. The number of unbranched alkanes of at least 4 members (excludes halogenated alkanes) is 1. The van der Waals surface area contributed by atoms with Crippen molar-refractivity contribution in [3.05, 3.63) is 28.7 Å². The van der Waals surface area contributed by atoms with Crippen LogP contribution in [-0.4, -0.2) is 25.0 Å². The lowest BCUT2D eigenvalue weighted by Gasteiger charge is -2.28. The summed E-state index contributed by atoms with van der Waals surface area (Å²) in [7, 11) is 0. The van der Waals surface area contributed by atoms with Crippen molar-refractivity contribution in [3.8, 4) is 0 Å². The van der Waals surface area contributed by atoms with Crippen LogP contribution in [0.5, 0.6) is 0 Å². The highest BCUT2D eigenvalue weighted by atomic mass is 35.5. The van der Waals surface area contributed by atoms with E-state index in [2.05, 4.69) is 32.2 Å². The number of nitrogens with one attached hydrogen (secondary N) is 3. The molecule has 2 aromatic rings. The van der Waals surface area contributed by atoms with Gasteiger partial charge in [-0.15, -0.1) is 0 Å². The van der Waals surface area contributed by atoms with E-state index in [1.807, 2.05) is 4.90 Å². The molecule has 0 unspecified atom stereocenters. The summed E-state index contributed by atoms with van der Waals surface area (Å²) in [5, 5.41) is 4.32. The number of rotatable bonds is 5. The molecule has 0 aliphatic carbocycles. The van der Waals surface area contributed by atoms with E-state index in [-0.39, 0.29) is 0 Å². The molecule has 2 aromatic heterocycles. The van der Waals surface area contributed by atoms with E-state index in [1.54, 1.807) is 6.33 Å². The maximum absolute atomic E-state index is 6.23. The van der Waals surface area contributed by atoms with Crippen LogP contribution in [-0.2, 0) is 19.5 Å². The fourth-order valence-corrected chi connectivity index (χ4v) is 2.78. The zero-order chi connectivity index (χ0) is 14.8. The number of aromatic amines is 2. The summed E-state index contributed by atoms with van der Waals surface area (Å²) >= 11 is 11.6. The number of anilines is 1. The number of fused-ring (bicyclic) bond motifs is 1. The Bertz CT molecular complexity index is 649. The quantitative estimate of drug-likeness (QED) is 0.737. The molecule has 1 aliphatic heterocycles. The predicted octanol–water partition coefficient (Wildman–Crippen LogP) is 2.52. The maximum atomic E-state index is 6.23. The molecule has 3 heterocycles. The molecule has 0 bridgehead atoms. The molecule has 6 nitrogen and oxygen atoms in total. The number of thiocarbonyl (C=S) groups is 1. The van der Waals surface area contributed by atoms with Crippen LogP contribution in [0.2, 0.25) is 5.15 Å². The van der Waals surface area contributed by atoms with Crippen molar-refractivity contribution in [2.24, 2.45) is 0 Å². The fraction of sp³-hybridized carbons (Fsp3) is 0.462. The Morgan fingerprint density at radius 2 is 2.33 bits per heavy atom. The first-order valence-electron chi connectivity index (χ1n) is 7.00. The normalized spacial score (nSPS) is 14.2. The topological polar surface area (TPSA) is 72.6 Å².